The molecule has 0 aliphatic heterocycles. The molecule has 0 aliphatic rings. The van der Waals surface area contributed by atoms with Crippen LogP contribution in [0.1, 0.15) is 0 Å². The van der Waals surface area contributed by atoms with E-state index in [4.69, 9.17) is 4.52 Å². The van der Waals surface area contributed by atoms with Gasteiger partial charge < -0.3 is 19.9 Å². The van der Waals surface area contributed by atoms with E-state index in [9.17, 15) is 25.5 Å². The molecule has 10 nitrogen and oxygen atoms in total. The molecule has 0 saturated heterocycles. The molecule has 2 aromatic heterocycles. The zero-order valence-electron chi connectivity index (χ0n) is 14.6. The lowest BCUT2D eigenvalue weighted by Crippen LogP contribution is -2.25. The highest BCUT2D eigenvalue weighted by Gasteiger charge is 2.22. The van der Waals surface area contributed by atoms with Crippen LogP contribution in [-0.4, -0.2) is 25.3 Å². The Morgan fingerprint density at radius 1 is 0.966 bits per heavy atom. The van der Waals surface area contributed by atoms with Gasteiger partial charge >= 0.3 is 5.69 Å². The summed E-state index contributed by atoms with van der Waals surface area (Å²) in [5, 5.41) is 46.2. The third-order valence-corrected chi connectivity index (χ3v) is 4.15. The summed E-state index contributed by atoms with van der Waals surface area (Å²) in [6.45, 7) is 0. The minimum atomic E-state index is -0.860. The number of phenols is 2. The summed E-state index contributed by atoms with van der Waals surface area (Å²) in [4.78, 5) is 14.3. The number of nitro benzene ring substituents is 1. The molecule has 0 unspecified atom stereocenters. The maximum atomic E-state index is 12.0. The highest BCUT2D eigenvalue weighted by molar-refractivity contribution is 5.70. The zero-order valence-corrected chi connectivity index (χ0v) is 14.6. The molecule has 2 heterocycles. The van der Waals surface area contributed by atoms with Gasteiger partial charge in [0, 0.05) is 11.6 Å². The van der Waals surface area contributed by atoms with E-state index in [0.29, 0.717) is 15.9 Å². The second-order valence-corrected chi connectivity index (χ2v) is 6.08. The molecule has 0 saturated carbocycles. The summed E-state index contributed by atoms with van der Waals surface area (Å²) in [7, 11) is 0. The van der Waals surface area contributed by atoms with E-state index >= 15 is 0 Å². The summed E-state index contributed by atoms with van der Waals surface area (Å²) in [6, 6.07) is 13.0. The summed E-state index contributed by atoms with van der Waals surface area (Å²) in [5.41, 5.74) is 1.17. The van der Waals surface area contributed by atoms with Crippen LogP contribution in [0.4, 0.5) is 5.69 Å². The molecular formula is C19H12N4O6. The fourth-order valence-corrected chi connectivity index (χ4v) is 2.79. The highest BCUT2D eigenvalue weighted by atomic mass is 16.6. The van der Waals surface area contributed by atoms with Crippen molar-refractivity contribution < 1.29 is 24.4 Å². The van der Waals surface area contributed by atoms with Crippen LogP contribution in [0, 0.1) is 15.3 Å². The van der Waals surface area contributed by atoms with Gasteiger partial charge in [-0.2, -0.15) is 9.71 Å². The molecule has 0 radical (unpaired) electrons. The van der Waals surface area contributed by atoms with Gasteiger partial charge in [0.25, 0.3) is 5.89 Å². The number of hydrogen-bond donors (Lipinski definition) is 2. The van der Waals surface area contributed by atoms with Gasteiger partial charge in [-0.3, -0.25) is 10.1 Å². The van der Waals surface area contributed by atoms with Crippen molar-refractivity contribution in [1.29, 1.82) is 0 Å². The summed E-state index contributed by atoms with van der Waals surface area (Å²) in [5.74, 6) is -1.60. The van der Waals surface area contributed by atoms with Crippen LogP contribution >= 0.6 is 0 Å². The molecule has 0 amide bonds. The first-order valence-electron chi connectivity index (χ1n) is 8.26. The monoisotopic (exact) mass is 392 g/mol. The van der Waals surface area contributed by atoms with E-state index in [2.05, 4.69) is 10.1 Å². The Morgan fingerprint density at radius 3 is 2.41 bits per heavy atom. The lowest BCUT2D eigenvalue weighted by atomic mass is 10.1. The van der Waals surface area contributed by atoms with Gasteiger partial charge in [0.15, 0.2) is 18.1 Å². The van der Waals surface area contributed by atoms with Crippen molar-refractivity contribution in [3.63, 3.8) is 0 Å². The number of nitrogens with zero attached hydrogens (tertiary/aromatic N) is 4. The SMILES string of the molecule is O=[N+]([O-])c1cc(-c2nc(-c3cc(-c4ccccc4)c[n+]([O-])c3)no2)cc(O)c1O. The molecule has 29 heavy (non-hydrogen) atoms. The minimum Gasteiger partial charge on any atom is -0.619 e. The average molecular weight is 392 g/mol. The second-order valence-electron chi connectivity index (χ2n) is 6.08. The molecule has 4 aromatic rings. The minimum absolute atomic E-state index is 0.0416. The first kappa shape index (κ1) is 17.9. The molecule has 0 fully saturated rings. The number of aromatic hydroxyl groups is 2. The maximum Gasteiger partial charge on any atom is 0.315 e. The number of pyridine rings is 1. The Bertz CT molecular complexity index is 1220. The lowest BCUT2D eigenvalue weighted by Gasteiger charge is -2.04. The number of hydrogen-bond acceptors (Lipinski definition) is 8. The van der Waals surface area contributed by atoms with Crippen LogP contribution in [0.5, 0.6) is 11.5 Å². The third-order valence-electron chi connectivity index (χ3n) is 4.15. The molecular weight excluding hydrogens is 380 g/mol. The standard InChI is InChI=1S/C19H12N4O6/c24-16-8-12(7-15(17(16)25)23(27)28)19-20-18(21-29-19)14-6-13(9-22(26)10-14)11-4-2-1-3-5-11/h1-10,24-25H. The van der Waals surface area contributed by atoms with Crippen LogP contribution in [0.15, 0.2) is 65.4 Å². The van der Waals surface area contributed by atoms with Gasteiger partial charge in [-0.1, -0.05) is 35.5 Å². The van der Waals surface area contributed by atoms with Crippen molar-refractivity contribution in [2.24, 2.45) is 0 Å². The topological polar surface area (TPSA) is 149 Å². The molecule has 0 spiro atoms. The fraction of sp³-hybridized carbons (Fsp3) is 0. The number of nitro groups is 1. The Hall–Kier alpha value is -4.47. The van der Waals surface area contributed by atoms with Crippen molar-refractivity contribution in [2.75, 3.05) is 0 Å². The molecule has 0 bridgehead atoms. The number of phenolic OH excluding ortho intramolecular Hbond substituents is 2. The van der Waals surface area contributed by atoms with Gasteiger partial charge in [0.05, 0.1) is 16.1 Å². The Balaban J connectivity index is 1.76. The predicted octanol–water partition coefficient (Wildman–Crippen LogP) is 3.02. The molecule has 0 aliphatic carbocycles. The Labute approximate surface area is 162 Å². The fourth-order valence-electron chi connectivity index (χ4n) is 2.79. The largest absolute Gasteiger partial charge is 0.619 e. The van der Waals surface area contributed by atoms with E-state index in [1.807, 2.05) is 30.3 Å². The quantitative estimate of drug-likeness (QED) is 0.177. The van der Waals surface area contributed by atoms with Crippen LogP contribution in [-0.2, 0) is 0 Å². The van der Waals surface area contributed by atoms with E-state index in [1.54, 1.807) is 6.07 Å². The van der Waals surface area contributed by atoms with Crippen LogP contribution < -0.4 is 4.73 Å². The molecule has 10 heteroatoms. The van der Waals surface area contributed by atoms with Crippen molar-refractivity contribution in [3.05, 3.63) is 76.2 Å². The average Bonchev–Trinajstić information content (AvgIpc) is 3.20. The lowest BCUT2D eigenvalue weighted by molar-refractivity contribution is -0.604. The summed E-state index contributed by atoms with van der Waals surface area (Å²) < 4.78 is 5.75. The number of rotatable bonds is 4. The molecule has 4 rings (SSSR count). The molecule has 0 atom stereocenters. The van der Waals surface area contributed by atoms with Gasteiger partial charge in [-0.15, -0.1) is 0 Å². The molecule has 2 N–H and O–H groups in total. The van der Waals surface area contributed by atoms with Gasteiger partial charge in [0.2, 0.25) is 11.6 Å². The second kappa shape index (κ2) is 6.93. The predicted molar refractivity (Wildman–Crippen MR) is 99.6 cm³/mol. The zero-order chi connectivity index (χ0) is 20.5. The van der Waals surface area contributed by atoms with Gasteiger partial charge in [-0.25, -0.2) is 0 Å². The Morgan fingerprint density at radius 2 is 1.69 bits per heavy atom. The normalized spacial score (nSPS) is 10.8. The summed E-state index contributed by atoms with van der Waals surface area (Å²) >= 11 is 0. The van der Waals surface area contributed by atoms with E-state index < -0.39 is 22.1 Å². The smallest absolute Gasteiger partial charge is 0.315 e. The van der Waals surface area contributed by atoms with Crippen molar-refractivity contribution in [2.45, 2.75) is 0 Å². The van der Waals surface area contributed by atoms with E-state index in [1.165, 1.54) is 12.4 Å². The van der Waals surface area contributed by atoms with E-state index in [-0.39, 0.29) is 17.3 Å². The van der Waals surface area contributed by atoms with E-state index in [0.717, 1.165) is 17.7 Å². The van der Waals surface area contributed by atoms with Crippen molar-refractivity contribution in [3.8, 4) is 45.5 Å². The Kier molecular flexibility index (Phi) is 4.28. The van der Waals surface area contributed by atoms with Crippen LogP contribution in [0.2, 0.25) is 0 Å². The van der Waals surface area contributed by atoms with Crippen molar-refractivity contribution in [1.82, 2.24) is 10.1 Å². The number of benzene rings is 2. The third kappa shape index (κ3) is 3.41. The van der Waals surface area contributed by atoms with Crippen LogP contribution in [0.3, 0.4) is 0 Å². The number of aromatic nitrogens is 3. The van der Waals surface area contributed by atoms with Gasteiger partial charge in [0.1, 0.15) is 0 Å². The summed E-state index contributed by atoms with van der Waals surface area (Å²) in [6.07, 6.45) is 2.67. The molecule has 144 valence electrons. The van der Waals surface area contributed by atoms with Gasteiger partial charge in [-0.05, 0) is 17.7 Å². The highest BCUT2D eigenvalue weighted by Crippen LogP contribution is 2.39. The van der Waals surface area contributed by atoms with Crippen molar-refractivity contribution >= 4 is 5.69 Å². The first-order valence-corrected chi connectivity index (χ1v) is 8.26. The van der Waals surface area contributed by atoms with Crippen LogP contribution in [0.25, 0.3) is 34.0 Å². The first-order chi connectivity index (χ1) is 13.9. The maximum absolute atomic E-state index is 12.0. The molecule has 2 aromatic carbocycles.